The average molecular weight is 368 g/mol. The fourth-order valence-corrected chi connectivity index (χ4v) is 4.11. The van der Waals surface area contributed by atoms with E-state index in [0.29, 0.717) is 17.8 Å². The summed E-state index contributed by atoms with van der Waals surface area (Å²) in [7, 11) is 0. The summed E-state index contributed by atoms with van der Waals surface area (Å²) >= 11 is 0. The van der Waals surface area contributed by atoms with Crippen LogP contribution in [0.3, 0.4) is 0 Å². The van der Waals surface area contributed by atoms with Crippen molar-refractivity contribution in [3.63, 3.8) is 0 Å². The minimum atomic E-state index is -0.119. The van der Waals surface area contributed by atoms with Gasteiger partial charge >= 0.3 is 0 Å². The number of carbonyl (C=O) groups is 1. The number of hydrogen-bond donors (Lipinski definition) is 2. The smallest absolute Gasteiger partial charge is 0.273 e. The second kappa shape index (κ2) is 8.08. The number of nitrogens with one attached hydrogen (secondary N) is 1. The van der Waals surface area contributed by atoms with Gasteiger partial charge in [-0.05, 0) is 50.7 Å². The topological polar surface area (TPSA) is 89.1 Å². The first-order chi connectivity index (χ1) is 13.2. The molecule has 0 bridgehead atoms. The first-order valence-electron chi connectivity index (χ1n) is 9.97. The van der Waals surface area contributed by atoms with Crippen LogP contribution in [0.4, 0.5) is 5.69 Å². The molecular weight excluding hydrogens is 340 g/mol. The number of amides is 1. The maximum atomic E-state index is 12.6. The number of benzene rings is 1. The zero-order valence-electron chi connectivity index (χ0n) is 15.6. The molecule has 2 aliphatic rings. The lowest BCUT2D eigenvalue weighted by Crippen LogP contribution is -2.44. The molecule has 1 aliphatic heterocycles. The van der Waals surface area contributed by atoms with Gasteiger partial charge in [0, 0.05) is 30.9 Å². The van der Waals surface area contributed by atoms with Crippen molar-refractivity contribution < 1.29 is 4.79 Å². The predicted molar refractivity (Wildman–Crippen MR) is 105 cm³/mol. The van der Waals surface area contributed by atoms with Crippen LogP contribution in [0, 0.1) is 0 Å². The molecule has 2 aromatic rings. The highest BCUT2D eigenvalue weighted by Crippen LogP contribution is 2.27. The molecule has 1 saturated heterocycles. The van der Waals surface area contributed by atoms with E-state index < -0.39 is 0 Å². The molecule has 7 nitrogen and oxygen atoms in total. The van der Waals surface area contributed by atoms with Crippen molar-refractivity contribution >= 4 is 11.6 Å². The maximum Gasteiger partial charge on any atom is 0.273 e. The van der Waals surface area contributed by atoms with Crippen LogP contribution in [0.25, 0.3) is 0 Å². The molecule has 2 fully saturated rings. The number of anilines is 1. The second-order valence-corrected chi connectivity index (χ2v) is 7.72. The summed E-state index contributed by atoms with van der Waals surface area (Å²) in [5.41, 5.74) is 7.63. The van der Waals surface area contributed by atoms with Gasteiger partial charge in [-0.25, -0.2) is 4.68 Å². The minimum absolute atomic E-state index is 0.119. The van der Waals surface area contributed by atoms with Crippen LogP contribution in [0.2, 0.25) is 0 Å². The molecule has 1 aromatic heterocycles. The fraction of sp³-hybridized carbons (Fsp3) is 0.550. The Morgan fingerprint density at radius 1 is 1.04 bits per heavy atom. The fourth-order valence-electron chi connectivity index (χ4n) is 4.11. The van der Waals surface area contributed by atoms with Crippen LogP contribution >= 0.6 is 0 Å². The van der Waals surface area contributed by atoms with Crippen LogP contribution in [0.15, 0.2) is 36.5 Å². The van der Waals surface area contributed by atoms with Gasteiger partial charge in [-0.2, -0.15) is 0 Å². The lowest BCUT2D eigenvalue weighted by atomic mass is 9.92. The predicted octanol–water partition coefficient (Wildman–Crippen LogP) is 2.12. The number of nitrogens with two attached hydrogens (primary N) is 1. The zero-order chi connectivity index (χ0) is 18.6. The lowest BCUT2D eigenvalue weighted by molar-refractivity contribution is 0.0926. The van der Waals surface area contributed by atoms with Gasteiger partial charge in [0.1, 0.15) is 0 Å². The third-order valence-electron chi connectivity index (χ3n) is 5.81. The molecule has 2 heterocycles. The highest BCUT2D eigenvalue weighted by Gasteiger charge is 2.24. The van der Waals surface area contributed by atoms with Crippen LogP contribution in [-0.4, -0.2) is 46.1 Å². The number of hydrogen-bond acceptors (Lipinski definition) is 5. The van der Waals surface area contributed by atoms with Crippen molar-refractivity contribution in [1.82, 2.24) is 20.3 Å². The molecule has 144 valence electrons. The average Bonchev–Trinajstić information content (AvgIpc) is 3.20. The number of nitrogens with zero attached hydrogens (tertiary/aromatic N) is 4. The van der Waals surface area contributed by atoms with Gasteiger partial charge < -0.3 is 16.0 Å². The summed E-state index contributed by atoms with van der Waals surface area (Å²) in [6.07, 6.45) is 7.69. The molecule has 0 atom stereocenters. The Labute approximate surface area is 159 Å². The Balaban J connectivity index is 1.29. The molecule has 3 N–H and O–H groups in total. The molecule has 1 aromatic carbocycles. The van der Waals surface area contributed by atoms with Crippen LogP contribution in [0.5, 0.6) is 0 Å². The number of para-hydroxylation sites is 1. The van der Waals surface area contributed by atoms with E-state index in [4.69, 9.17) is 5.73 Å². The molecule has 0 unspecified atom stereocenters. The highest BCUT2D eigenvalue weighted by molar-refractivity contribution is 5.92. The largest absolute Gasteiger partial charge is 0.371 e. The third kappa shape index (κ3) is 4.30. The SMILES string of the molecule is NC1CCC(n2cc(C(=O)NC3CCN(c4ccccc4)CC3)nn2)CC1. The van der Waals surface area contributed by atoms with Crippen molar-refractivity contribution in [1.29, 1.82) is 0 Å². The summed E-state index contributed by atoms with van der Waals surface area (Å²) in [5, 5.41) is 11.4. The van der Waals surface area contributed by atoms with E-state index in [0.717, 1.165) is 51.6 Å². The minimum Gasteiger partial charge on any atom is -0.371 e. The standard InChI is InChI=1S/C20H28N6O/c21-15-6-8-18(9-7-15)26-14-19(23-24-26)20(27)22-16-10-12-25(13-11-16)17-4-2-1-3-5-17/h1-5,14-16,18H,6-13,21H2,(H,22,27). The molecule has 27 heavy (non-hydrogen) atoms. The van der Waals surface area contributed by atoms with Crippen LogP contribution < -0.4 is 16.0 Å². The number of piperidine rings is 1. The Morgan fingerprint density at radius 3 is 2.44 bits per heavy atom. The molecule has 7 heteroatoms. The normalized spacial score (nSPS) is 24.0. The monoisotopic (exact) mass is 368 g/mol. The van der Waals surface area contributed by atoms with E-state index in [9.17, 15) is 4.79 Å². The highest BCUT2D eigenvalue weighted by atomic mass is 16.2. The zero-order valence-corrected chi connectivity index (χ0v) is 15.6. The Morgan fingerprint density at radius 2 is 1.74 bits per heavy atom. The van der Waals surface area contributed by atoms with Gasteiger partial charge in [0.05, 0.1) is 12.2 Å². The molecule has 1 aliphatic carbocycles. The molecule has 4 rings (SSSR count). The van der Waals surface area contributed by atoms with Crippen molar-refractivity contribution in [2.75, 3.05) is 18.0 Å². The Hall–Kier alpha value is -2.41. The van der Waals surface area contributed by atoms with Crippen LogP contribution in [0.1, 0.15) is 55.1 Å². The number of rotatable bonds is 4. The molecular formula is C20H28N6O. The van der Waals surface area contributed by atoms with Gasteiger partial charge in [-0.1, -0.05) is 23.4 Å². The van der Waals surface area contributed by atoms with Gasteiger partial charge in [-0.15, -0.1) is 5.10 Å². The summed E-state index contributed by atoms with van der Waals surface area (Å²) < 4.78 is 1.85. The summed E-state index contributed by atoms with van der Waals surface area (Å²) in [4.78, 5) is 14.9. The first-order valence-corrected chi connectivity index (χ1v) is 9.97. The molecule has 1 saturated carbocycles. The van der Waals surface area contributed by atoms with Gasteiger partial charge in [0.15, 0.2) is 5.69 Å². The number of carbonyl (C=O) groups excluding carboxylic acids is 1. The van der Waals surface area contributed by atoms with Crippen molar-refractivity contribution in [2.24, 2.45) is 5.73 Å². The molecule has 1 amide bonds. The van der Waals surface area contributed by atoms with E-state index in [1.165, 1.54) is 5.69 Å². The van der Waals surface area contributed by atoms with Gasteiger partial charge in [0.2, 0.25) is 0 Å². The summed E-state index contributed by atoms with van der Waals surface area (Å²) in [6, 6.07) is 11.2. The van der Waals surface area contributed by atoms with Crippen molar-refractivity contribution in [3.05, 3.63) is 42.2 Å². The van der Waals surface area contributed by atoms with Gasteiger partial charge in [-0.3, -0.25) is 4.79 Å². The Kier molecular flexibility index (Phi) is 5.38. The Bertz CT molecular complexity index is 745. The van der Waals surface area contributed by atoms with E-state index in [1.807, 2.05) is 10.7 Å². The summed E-state index contributed by atoms with van der Waals surface area (Å²) in [5.74, 6) is -0.119. The lowest BCUT2D eigenvalue weighted by Gasteiger charge is -2.33. The summed E-state index contributed by atoms with van der Waals surface area (Å²) in [6.45, 7) is 1.90. The van der Waals surface area contributed by atoms with Crippen molar-refractivity contribution in [2.45, 2.75) is 56.7 Å². The van der Waals surface area contributed by atoms with Crippen LogP contribution in [-0.2, 0) is 0 Å². The first kappa shape index (κ1) is 18.0. The quantitative estimate of drug-likeness (QED) is 0.863. The number of aromatic nitrogens is 3. The van der Waals surface area contributed by atoms with Crippen molar-refractivity contribution in [3.8, 4) is 0 Å². The van der Waals surface area contributed by atoms with E-state index in [2.05, 4.69) is 44.8 Å². The molecule has 0 radical (unpaired) electrons. The van der Waals surface area contributed by atoms with E-state index >= 15 is 0 Å². The second-order valence-electron chi connectivity index (χ2n) is 7.72. The van der Waals surface area contributed by atoms with Gasteiger partial charge in [0.25, 0.3) is 5.91 Å². The maximum absolute atomic E-state index is 12.6. The van der Waals surface area contributed by atoms with E-state index in [-0.39, 0.29) is 11.9 Å². The third-order valence-corrected chi connectivity index (χ3v) is 5.81. The molecule has 0 spiro atoms. The van der Waals surface area contributed by atoms with E-state index in [1.54, 1.807) is 6.20 Å².